The van der Waals surface area contributed by atoms with Gasteiger partial charge in [-0.3, -0.25) is 0 Å². The summed E-state index contributed by atoms with van der Waals surface area (Å²) in [5.74, 6) is 0.713. The van der Waals surface area contributed by atoms with E-state index in [9.17, 15) is 0 Å². The second kappa shape index (κ2) is 7.95. The lowest BCUT2D eigenvalue weighted by atomic mass is 10.3. The smallest absolute Gasteiger partial charge is 0.137 e. The van der Waals surface area contributed by atoms with Crippen LogP contribution in [0.15, 0.2) is 18.2 Å². The second-order valence-electron chi connectivity index (χ2n) is 4.74. The zero-order valence-corrected chi connectivity index (χ0v) is 12.5. The summed E-state index contributed by atoms with van der Waals surface area (Å²) in [5, 5.41) is 1.21. The molecule has 0 unspecified atom stereocenters. The van der Waals surface area contributed by atoms with E-state index in [1.54, 1.807) is 17.0 Å². The van der Waals surface area contributed by atoms with Crippen molar-refractivity contribution in [1.82, 2.24) is 0 Å². The van der Waals surface area contributed by atoms with Crippen molar-refractivity contribution in [2.75, 3.05) is 39.5 Å². The highest BCUT2D eigenvalue weighted by atomic mass is 35.5. The first-order chi connectivity index (χ1) is 9.25. The van der Waals surface area contributed by atoms with Crippen molar-refractivity contribution >= 4 is 23.2 Å². The topological polar surface area (TPSA) is 22.9 Å². The molecule has 1 aliphatic heterocycles. The maximum absolute atomic E-state index is 6.04. The summed E-state index contributed by atoms with van der Waals surface area (Å²) in [6.45, 7) is 5.94. The van der Waals surface area contributed by atoms with Crippen LogP contribution < -0.4 is 9.64 Å². The molecule has 106 valence electrons. The number of hydrogen-bond acceptors (Lipinski definition) is 2. The first-order valence-corrected chi connectivity index (χ1v) is 7.50. The van der Waals surface area contributed by atoms with Crippen LogP contribution in [0.2, 0.25) is 10.0 Å². The molecule has 0 radical (unpaired) electrons. The first-order valence-electron chi connectivity index (χ1n) is 6.75. The van der Waals surface area contributed by atoms with Gasteiger partial charge in [0.15, 0.2) is 0 Å². The van der Waals surface area contributed by atoms with Crippen LogP contribution in [0.4, 0.5) is 0 Å². The molecule has 5 heteroatoms. The van der Waals surface area contributed by atoms with Crippen molar-refractivity contribution in [2.24, 2.45) is 0 Å². The highest BCUT2D eigenvalue weighted by Crippen LogP contribution is 2.27. The Kier molecular flexibility index (Phi) is 6.24. The molecule has 0 atom stereocenters. The van der Waals surface area contributed by atoms with Gasteiger partial charge in [-0.1, -0.05) is 23.2 Å². The fourth-order valence-corrected chi connectivity index (χ4v) is 2.62. The lowest BCUT2D eigenvalue weighted by Crippen LogP contribution is -3.14. The maximum atomic E-state index is 6.04. The predicted octanol–water partition coefficient (Wildman–Crippen LogP) is 2.07. The van der Waals surface area contributed by atoms with Crippen LogP contribution in [0.5, 0.6) is 5.75 Å². The summed E-state index contributed by atoms with van der Waals surface area (Å²) in [6.07, 6.45) is 2.21. The molecule has 1 N–H and O–H groups in total. The van der Waals surface area contributed by atoms with E-state index in [4.69, 9.17) is 32.7 Å². The van der Waals surface area contributed by atoms with Gasteiger partial charge in [0.2, 0.25) is 0 Å². The van der Waals surface area contributed by atoms with Crippen molar-refractivity contribution in [3.63, 3.8) is 0 Å². The van der Waals surface area contributed by atoms with E-state index in [0.717, 1.165) is 32.7 Å². The molecule has 1 heterocycles. The molecule has 0 aliphatic carbocycles. The minimum absolute atomic E-state index is 0.575. The Bertz CT molecular complexity index is 395. The number of quaternary nitrogens is 1. The van der Waals surface area contributed by atoms with Crippen molar-refractivity contribution in [3.8, 4) is 5.75 Å². The summed E-state index contributed by atoms with van der Waals surface area (Å²) in [7, 11) is 0. The van der Waals surface area contributed by atoms with Crippen LogP contribution in [0.1, 0.15) is 12.8 Å². The van der Waals surface area contributed by atoms with E-state index in [-0.39, 0.29) is 0 Å². The number of rotatable bonds is 6. The molecule has 1 aliphatic rings. The lowest BCUT2D eigenvalue weighted by molar-refractivity contribution is -0.908. The van der Waals surface area contributed by atoms with Gasteiger partial charge in [0.25, 0.3) is 0 Å². The van der Waals surface area contributed by atoms with E-state index in [1.165, 1.54) is 13.0 Å². The minimum Gasteiger partial charge on any atom is -0.492 e. The van der Waals surface area contributed by atoms with Gasteiger partial charge in [0, 0.05) is 5.02 Å². The normalized spacial score (nSPS) is 16.5. The summed E-state index contributed by atoms with van der Waals surface area (Å²) >= 11 is 11.9. The molecule has 1 fully saturated rings. The highest BCUT2D eigenvalue weighted by Gasteiger charge is 2.12. The monoisotopic (exact) mass is 304 g/mol. The molecule has 0 aromatic heterocycles. The van der Waals surface area contributed by atoms with Crippen LogP contribution in [-0.2, 0) is 4.74 Å². The number of hydrogen-bond donors (Lipinski definition) is 1. The Balaban J connectivity index is 1.61. The fourth-order valence-electron chi connectivity index (χ4n) is 2.16. The van der Waals surface area contributed by atoms with E-state index < -0.39 is 0 Å². The van der Waals surface area contributed by atoms with Gasteiger partial charge in [-0.2, -0.15) is 0 Å². The predicted molar refractivity (Wildman–Crippen MR) is 77.6 cm³/mol. The van der Waals surface area contributed by atoms with Gasteiger partial charge in [0.05, 0.1) is 31.4 Å². The van der Waals surface area contributed by atoms with Crippen LogP contribution in [0, 0.1) is 0 Å². The average molecular weight is 305 g/mol. The lowest BCUT2D eigenvalue weighted by Gasteiger charge is -2.23. The van der Waals surface area contributed by atoms with E-state index in [1.807, 2.05) is 6.07 Å². The van der Waals surface area contributed by atoms with Gasteiger partial charge < -0.3 is 14.4 Å². The Labute approximate surface area is 124 Å². The number of benzene rings is 1. The summed E-state index contributed by atoms with van der Waals surface area (Å²) < 4.78 is 11.0. The summed E-state index contributed by atoms with van der Waals surface area (Å²) in [6, 6.07) is 5.31. The molecular weight excluding hydrogens is 285 g/mol. The Morgan fingerprint density at radius 1 is 1.16 bits per heavy atom. The van der Waals surface area contributed by atoms with Crippen molar-refractivity contribution < 1.29 is 14.4 Å². The van der Waals surface area contributed by atoms with Gasteiger partial charge in [-0.25, -0.2) is 0 Å². The molecular formula is C14H20Cl2NO2+. The number of unbranched alkanes of at least 4 members (excludes halogenated alkanes) is 1. The minimum atomic E-state index is 0.575. The third-order valence-electron chi connectivity index (χ3n) is 3.28. The first kappa shape index (κ1) is 14.9. The highest BCUT2D eigenvalue weighted by molar-refractivity contribution is 6.35. The maximum Gasteiger partial charge on any atom is 0.137 e. The fraction of sp³-hybridized carbons (Fsp3) is 0.571. The van der Waals surface area contributed by atoms with Crippen LogP contribution in [0.25, 0.3) is 0 Å². The SMILES string of the molecule is Clc1ccc(OCCCC[NH+]2CCOCC2)c(Cl)c1. The van der Waals surface area contributed by atoms with Crippen molar-refractivity contribution in [1.29, 1.82) is 0 Å². The largest absolute Gasteiger partial charge is 0.492 e. The summed E-state index contributed by atoms with van der Waals surface area (Å²) in [4.78, 5) is 1.63. The van der Waals surface area contributed by atoms with E-state index >= 15 is 0 Å². The van der Waals surface area contributed by atoms with Gasteiger partial charge >= 0.3 is 0 Å². The number of nitrogens with one attached hydrogen (secondary N) is 1. The standard InChI is InChI=1S/C14H19Cl2NO2/c15-12-3-4-14(13(16)11-12)19-8-2-1-5-17-6-9-18-10-7-17/h3-4,11H,1-2,5-10H2/p+1. The second-order valence-corrected chi connectivity index (χ2v) is 5.59. The van der Waals surface area contributed by atoms with E-state index in [0.29, 0.717) is 22.4 Å². The molecule has 19 heavy (non-hydrogen) atoms. The number of ether oxygens (including phenoxy) is 2. The molecule has 2 rings (SSSR count). The average Bonchev–Trinajstić information content (AvgIpc) is 2.42. The Morgan fingerprint density at radius 2 is 1.95 bits per heavy atom. The van der Waals surface area contributed by atoms with Crippen LogP contribution >= 0.6 is 23.2 Å². The number of halogens is 2. The molecule has 0 bridgehead atoms. The quantitative estimate of drug-likeness (QED) is 0.813. The zero-order chi connectivity index (χ0) is 13.5. The molecule has 1 aromatic carbocycles. The van der Waals surface area contributed by atoms with Crippen molar-refractivity contribution in [3.05, 3.63) is 28.2 Å². The zero-order valence-electron chi connectivity index (χ0n) is 11.0. The van der Waals surface area contributed by atoms with Gasteiger partial charge in [0.1, 0.15) is 18.8 Å². The molecule has 3 nitrogen and oxygen atoms in total. The molecule has 0 spiro atoms. The van der Waals surface area contributed by atoms with Crippen LogP contribution in [-0.4, -0.2) is 39.5 Å². The molecule has 0 amide bonds. The molecule has 0 saturated carbocycles. The summed E-state index contributed by atoms with van der Waals surface area (Å²) in [5.41, 5.74) is 0. The molecule has 1 aromatic rings. The third-order valence-corrected chi connectivity index (χ3v) is 3.81. The van der Waals surface area contributed by atoms with Gasteiger partial charge in [-0.15, -0.1) is 0 Å². The number of morpholine rings is 1. The Hall–Kier alpha value is -0.480. The van der Waals surface area contributed by atoms with Crippen molar-refractivity contribution in [2.45, 2.75) is 12.8 Å². The molecule has 1 saturated heterocycles. The Morgan fingerprint density at radius 3 is 2.68 bits per heavy atom. The van der Waals surface area contributed by atoms with E-state index in [2.05, 4.69) is 0 Å². The van der Waals surface area contributed by atoms with Crippen LogP contribution in [0.3, 0.4) is 0 Å². The third kappa shape index (κ3) is 5.19. The van der Waals surface area contributed by atoms with Gasteiger partial charge in [-0.05, 0) is 31.0 Å².